The minimum atomic E-state index is -0.189. The van der Waals surface area contributed by atoms with E-state index in [1.54, 1.807) is 0 Å². The first-order valence-electron chi connectivity index (χ1n) is 5.91. The van der Waals surface area contributed by atoms with Gasteiger partial charge in [0.1, 0.15) is 5.82 Å². The van der Waals surface area contributed by atoms with E-state index in [2.05, 4.69) is 23.4 Å². The molecule has 1 aliphatic carbocycles. The third-order valence-corrected chi connectivity index (χ3v) is 3.27. The number of imidazole rings is 1. The summed E-state index contributed by atoms with van der Waals surface area (Å²) >= 11 is 0. The second-order valence-corrected chi connectivity index (χ2v) is 4.77. The number of hydrogen-bond donors (Lipinski definition) is 1. The quantitative estimate of drug-likeness (QED) is 0.810. The SMILES string of the molecule is CC(C)c1nccn1[C@@H]1CCCC[C@H]1O. The lowest BCUT2D eigenvalue weighted by Crippen LogP contribution is -2.28. The van der Waals surface area contributed by atoms with Gasteiger partial charge >= 0.3 is 0 Å². The van der Waals surface area contributed by atoms with Crippen molar-refractivity contribution in [2.24, 2.45) is 0 Å². The van der Waals surface area contributed by atoms with Crippen LogP contribution in [0.2, 0.25) is 0 Å². The zero-order chi connectivity index (χ0) is 10.8. The summed E-state index contributed by atoms with van der Waals surface area (Å²) in [4.78, 5) is 4.38. The molecule has 2 rings (SSSR count). The fraction of sp³-hybridized carbons (Fsp3) is 0.750. The van der Waals surface area contributed by atoms with Gasteiger partial charge in [-0.25, -0.2) is 4.98 Å². The average Bonchev–Trinajstić information content (AvgIpc) is 2.67. The van der Waals surface area contributed by atoms with E-state index >= 15 is 0 Å². The third-order valence-electron chi connectivity index (χ3n) is 3.27. The molecule has 0 unspecified atom stereocenters. The molecule has 2 atom stereocenters. The molecule has 0 radical (unpaired) electrons. The molecule has 0 amide bonds. The summed E-state index contributed by atoms with van der Waals surface area (Å²) in [6.07, 6.45) is 8.05. The van der Waals surface area contributed by atoms with E-state index in [1.165, 1.54) is 6.42 Å². The lowest BCUT2D eigenvalue weighted by atomic mass is 9.92. The van der Waals surface area contributed by atoms with Crippen LogP contribution in [0.3, 0.4) is 0 Å². The minimum absolute atomic E-state index is 0.189. The van der Waals surface area contributed by atoms with Crippen molar-refractivity contribution in [3.8, 4) is 0 Å². The second-order valence-electron chi connectivity index (χ2n) is 4.77. The predicted molar refractivity (Wildman–Crippen MR) is 59.8 cm³/mol. The standard InChI is InChI=1S/C12H20N2O/c1-9(2)12-13-7-8-14(12)10-5-3-4-6-11(10)15/h7-11,15H,3-6H2,1-2H3/t10-,11-/m1/s1. The summed E-state index contributed by atoms with van der Waals surface area (Å²) in [6.45, 7) is 4.29. The van der Waals surface area contributed by atoms with Crippen molar-refractivity contribution < 1.29 is 5.11 Å². The van der Waals surface area contributed by atoms with Crippen LogP contribution in [-0.2, 0) is 0 Å². The van der Waals surface area contributed by atoms with Crippen molar-refractivity contribution in [3.05, 3.63) is 18.2 Å². The number of nitrogens with zero attached hydrogens (tertiary/aromatic N) is 2. The largest absolute Gasteiger partial charge is 0.391 e. The molecule has 84 valence electrons. The number of aliphatic hydroxyl groups is 1. The summed E-state index contributed by atoms with van der Waals surface area (Å²) in [6, 6.07) is 0.249. The third kappa shape index (κ3) is 2.07. The first-order chi connectivity index (χ1) is 7.20. The highest BCUT2D eigenvalue weighted by atomic mass is 16.3. The molecule has 1 heterocycles. The smallest absolute Gasteiger partial charge is 0.111 e. The van der Waals surface area contributed by atoms with Crippen molar-refractivity contribution in [2.75, 3.05) is 0 Å². The zero-order valence-electron chi connectivity index (χ0n) is 9.56. The van der Waals surface area contributed by atoms with Crippen LogP contribution in [0.25, 0.3) is 0 Å². The Labute approximate surface area is 91.1 Å². The van der Waals surface area contributed by atoms with Crippen LogP contribution in [0, 0.1) is 0 Å². The average molecular weight is 208 g/mol. The first kappa shape index (κ1) is 10.7. The summed E-state index contributed by atoms with van der Waals surface area (Å²) in [7, 11) is 0. The Morgan fingerprint density at radius 2 is 2.13 bits per heavy atom. The summed E-state index contributed by atoms with van der Waals surface area (Å²) in [5, 5.41) is 10.00. The van der Waals surface area contributed by atoms with Crippen molar-refractivity contribution in [1.29, 1.82) is 0 Å². The highest BCUT2D eigenvalue weighted by molar-refractivity contribution is 5.01. The molecule has 3 nitrogen and oxygen atoms in total. The minimum Gasteiger partial charge on any atom is -0.391 e. The highest BCUT2D eigenvalue weighted by Gasteiger charge is 2.26. The number of hydrogen-bond acceptors (Lipinski definition) is 2. The molecule has 3 heteroatoms. The second kappa shape index (κ2) is 4.35. The Morgan fingerprint density at radius 1 is 1.40 bits per heavy atom. The molecule has 0 bridgehead atoms. The van der Waals surface area contributed by atoms with E-state index in [4.69, 9.17) is 0 Å². The summed E-state index contributed by atoms with van der Waals surface area (Å²) in [5.74, 6) is 1.52. The topological polar surface area (TPSA) is 38.0 Å². The van der Waals surface area contributed by atoms with Gasteiger partial charge in [0.25, 0.3) is 0 Å². The van der Waals surface area contributed by atoms with Crippen LogP contribution in [0.1, 0.15) is 57.3 Å². The molecule has 1 fully saturated rings. The van der Waals surface area contributed by atoms with E-state index in [0.29, 0.717) is 5.92 Å². The van der Waals surface area contributed by atoms with Crippen LogP contribution < -0.4 is 0 Å². The van der Waals surface area contributed by atoms with Crippen LogP contribution in [-0.4, -0.2) is 20.8 Å². The van der Waals surface area contributed by atoms with Crippen molar-refractivity contribution in [3.63, 3.8) is 0 Å². The fourth-order valence-electron chi connectivity index (χ4n) is 2.47. The van der Waals surface area contributed by atoms with E-state index in [0.717, 1.165) is 25.1 Å². The van der Waals surface area contributed by atoms with Gasteiger partial charge < -0.3 is 9.67 Å². The van der Waals surface area contributed by atoms with Crippen molar-refractivity contribution >= 4 is 0 Å². The van der Waals surface area contributed by atoms with Gasteiger partial charge in [-0.1, -0.05) is 26.7 Å². The monoisotopic (exact) mass is 208 g/mol. The van der Waals surface area contributed by atoms with Gasteiger partial charge in [0.2, 0.25) is 0 Å². The maximum Gasteiger partial charge on any atom is 0.111 e. The van der Waals surface area contributed by atoms with Crippen molar-refractivity contribution in [1.82, 2.24) is 9.55 Å². The Morgan fingerprint density at radius 3 is 2.80 bits per heavy atom. The normalized spacial score (nSPS) is 27.2. The van der Waals surface area contributed by atoms with E-state index < -0.39 is 0 Å². The van der Waals surface area contributed by atoms with E-state index in [9.17, 15) is 5.11 Å². The highest BCUT2D eigenvalue weighted by Crippen LogP contribution is 2.30. The van der Waals surface area contributed by atoms with Gasteiger partial charge in [-0.2, -0.15) is 0 Å². The molecule has 15 heavy (non-hydrogen) atoms. The lowest BCUT2D eigenvalue weighted by Gasteiger charge is -2.30. The fourth-order valence-corrected chi connectivity index (χ4v) is 2.47. The zero-order valence-corrected chi connectivity index (χ0v) is 9.56. The number of aliphatic hydroxyl groups excluding tert-OH is 1. The molecule has 1 saturated carbocycles. The number of rotatable bonds is 2. The van der Waals surface area contributed by atoms with E-state index in [1.807, 2.05) is 12.4 Å². The maximum atomic E-state index is 10.00. The molecule has 0 spiro atoms. The predicted octanol–water partition coefficient (Wildman–Crippen LogP) is 2.48. The summed E-state index contributed by atoms with van der Waals surface area (Å²) in [5.41, 5.74) is 0. The van der Waals surface area contributed by atoms with Gasteiger partial charge in [-0.05, 0) is 12.8 Å². The first-order valence-corrected chi connectivity index (χ1v) is 5.91. The Kier molecular flexibility index (Phi) is 3.10. The Hall–Kier alpha value is -0.830. The molecular weight excluding hydrogens is 188 g/mol. The molecule has 1 aliphatic rings. The van der Waals surface area contributed by atoms with Gasteiger partial charge in [-0.15, -0.1) is 0 Å². The van der Waals surface area contributed by atoms with Gasteiger partial charge in [0.15, 0.2) is 0 Å². The Balaban J connectivity index is 2.23. The molecule has 1 N–H and O–H groups in total. The van der Waals surface area contributed by atoms with Gasteiger partial charge in [0, 0.05) is 18.3 Å². The molecular formula is C12H20N2O. The van der Waals surface area contributed by atoms with Crippen LogP contribution in [0.5, 0.6) is 0 Å². The van der Waals surface area contributed by atoms with Crippen LogP contribution >= 0.6 is 0 Å². The molecule has 0 aliphatic heterocycles. The molecule has 1 aromatic heterocycles. The van der Waals surface area contributed by atoms with Crippen LogP contribution in [0.15, 0.2) is 12.4 Å². The Bertz CT molecular complexity index is 319. The maximum absolute atomic E-state index is 10.00. The van der Waals surface area contributed by atoms with Crippen LogP contribution in [0.4, 0.5) is 0 Å². The molecule has 0 aromatic carbocycles. The summed E-state index contributed by atoms with van der Waals surface area (Å²) < 4.78 is 2.18. The number of aromatic nitrogens is 2. The molecule has 0 saturated heterocycles. The van der Waals surface area contributed by atoms with E-state index in [-0.39, 0.29) is 12.1 Å². The molecule has 1 aromatic rings. The van der Waals surface area contributed by atoms with Gasteiger partial charge in [0.05, 0.1) is 12.1 Å². The van der Waals surface area contributed by atoms with Gasteiger partial charge in [-0.3, -0.25) is 0 Å². The lowest BCUT2D eigenvalue weighted by molar-refractivity contribution is 0.0737. The van der Waals surface area contributed by atoms with Crippen molar-refractivity contribution in [2.45, 2.75) is 57.6 Å².